The van der Waals surface area contributed by atoms with Crippen LogP contribution in [-0.2, 0) is 20.7 Å². The molecule has 1 aromatic heterocycles. The molecule has 0 unspecified atom stereocenters. The molecule has 0 bridgehead atoms. The van der Waals surface area contributed by atoms with E-state index in [-0.39, 0.29) is 17.0 Å². The van der Waals surface area contributed by atoms with Crippen molar-refractivity contribution in [3.8, 4) is 5.75 Å². The van der Waals surface area contributed by atoms with Gasteiger partial charge in [0.2, 0.25) is 0 Å². The highest BCUT2D eigenvalue weighted by Crippen LogP contribution is 2.27. The maximum absolute atomic E-state index is 12.3. The number of aromatic nitrogens is 1. The average molecular weight is 368 g/mol. The van der Waals surface area contributed by atoms with E-state index < -0.39 is 18.0 Å². The van der Waals surface area contributed by atoms with Gasteiger partial charge >= 0.3 is 11.9 Å². The number of hydrogen-bond acceptors (Lipinski definition) is 6. The zero-order valence-corrected chi connectivity index (χ0v) is 15.0. The van der Waals surface area contributed by atoms with Crippen LogP contribution in [0.5, 0.6) is 5.75 Å². The summed E-state index contributed by atoms with van der Waals surface area (Å²) >= 11 is 0. The van der Waals surface area contributed by atoms with Crippen LogP contribution in [0.25, 0.3) is 10.9 Å². The van der Waals surface area contributed by atoms with E-state index in [1.165, 1.54) is 32.4 Å². The molecule has 2 aromatic carbocycles. The minimum atomic E-state index is -0.756. The Bertz CT molecular complexity index is 979. The van der Waals surface area contributed by atoms with Crippen LogP contribution in [0.2, 0.25) is 0 Å². The summed E-state index contributed by atoms with van der Waals surface area (Å²) in [6, 6.07) is 11.3. The third kappa shape index (κ3) is 3.87. The highest BCUT2D eigenvalue weighted by Gasteiger charge is 2.23. The molecule has 0 saturated heterocycles. The molecular weight excluding hydrogens is 348 g/mol. The molecule has 1 atom stereocenters. The zero-order valence-electron chi connectivity index (χ0n) is 15.0. The van der Waals surface area contributed by atoms with E-state index in [1.54, 1.807) is 0 Å². The smallest absolute Gasteiger partial charge is 0.337 e. The lowest BCUT2D eigenvalue weighted by Gasteiger charge is -2.18. The molecule has 0 fully saturated rings. The molecular formula is C20H20N2O5. The predicted octanol–water partition coefficient (Wildman–Crippen LogP) is 2.86. The van der Waals surface area contributed by atoms with E-state index in [2.05, 4.69) is 10.3 Å². The van der Waals surface area contributed by atoms with E-state index in [4.69, 9.17) is 9.47 Å². The van der Waals surface area contributed by atoms with Crippen LogP contribution < -0.4 is 5.32 Å². The molecule has 0 radical (unpaired) electrons. The standard InChI is InChI=1S/C20H20N2O5/c1-26-19(24)12-7-8-18(23)16(9-12)22-17(20(25)27-2)10-13-11-21-15-6-4-3-5-14(13)15/h3-9,11,17,21-23H,10H2,1-2H3/t17-/m0/s1. The van der Waals surface area contributed by atoms with E-state index in [0.29, 0.717) is 6.42 Å². The minimum absolute atomic E-state index is 0.0875. The Labute approximate surface area is 155 Å². The maximum atomic E-state index is 12.3. The van der Waals surface area contributed by atoms with Gasteiger partial charge in [0, 0.05) is 23.5 Å². The largest absolute Gasteiger partial charge is 0.506 e. The molecule has 0 aliphatic carbocycles. The number of rotatable bonds is 6. The number of H-pyrrole nitrogens is 1. The van der Waals surface area contributed by atoms with Gasteiger partial charge in [-0.1, -0.05) is 18.2 Å². The highest BCUT2D eigenvalue weighted by molar-refractivity contribution is 5.92. The zero-order chi connectivity index (χ0) is 19.4. The number of benzene rings is 2. The molecule has 0 aliphatic rings. The Hall–Kier alpha value is -3.48. The molecule has 0 aliphatic heterocycles. The summed E-state index contributed by atoms with van der Waals surface area (Å²) in [4.78, 5) is 27.2. The lowest BCUT2D eigenvalue weighted by molar-refractivity contribution is -0.141. The van der Waals surface area contributed by atoms with Crippen LogP contribution in [0.1, 0.15) is 15.9 Å². The molecule has 140 valence electrons. The second-order valence-corrected chi connectivity index (χ2v) is 6.01. The number of aromatic amines is 1. The van der Waals surface area contributed by atoms with Crippen molar-refractivity contribution >= 4 is 28.5 Å². The third-order valence-electron chi connectivity index (χ3n) is 4.33. The van der Waals surface area contributed by atoms with Gasteiger partial charge in [0.15, 0.2) is 0 Å². The first-order chi connectivity index (χ1) is 13.0. The van der Waals surface area contributed by atoms with Crippen molar-refractivity contribution in [2.75, 3.05) is 19.5 Å². The fourth-order valence-corrected chi connectivity index (χ4v) is 2.94. The minimum Gasteiger partial charge on any atom is -0.506 e. The van der Waals surface area contributed by atoms with Crippen LogP contribution >= 0.6 is 0 Å². The van der Waals surface area contributed by atoms with Gasteiger partial charge in [-0.2, -0.15) is 0 Å². The highest BCUT2D eigenvalue weighted by atomic mass is 16.5. The summed E-state index contributed by atoms with van der Waals surface area (Å²) in [7, 11) is 2.58. The molecule has 1 heterocycles. The topological polar surface area (TPSA) is 101 Å². The number of para-hydroxylation sites is 1. The van der Waals surface area contributed by atoms with Crippen molar-refractivity contribution in [3.63, 3.8) is 0 Å². The van der Waals surface area contributed by atoms with Crippen LogP contribution in [0, 0.1) is 0 Å². The lowest BCUT2D eigenvalue weighted by atomic mass is 10.0. The summed E-state index contributed by atoms with van der Waals surface area (Å²) in [5.74, 6) is -1.11. The molecule has 0 spiro atoms. The van der Waals surface area contributed by atoms with Crippen molar-refractivity contribution in [2.45, 2.75) is 12.5 Å². The fourth-order valence-electron chi connectivity index (χ4n) is 2.94. The Kier molecular flexibility index (Phi) is 5.30. The maximum Gasteiger partial charge on any atom is 0.337 e. The quantitative estimate of drug-likeness (QED) is 0.457. The van der Waals surface area contributed by atoms with Gasteiger partial charge in [0.05, 0.1) is 25.5 Å². The van der Waals surface area contributed by atoms with Crippen LogP contribution in [-0.4, -0.2) is 42.3 Å². The molecule has 3 aromatic rings. The van der Waals surface area contributed by atoms with Crippen LogP contribution in [0.3, 0.4) is 0 Å². The number of esters is 2. The number of fused-ring (bicyclic) bond motifs is 1. The van der Waals surface area contributed by atoms with Gasteiger partial charge < -0.3 is 24.9 Å². The Morgan fingerprint density at radius 1 is 1.15 bits per heavy atom. The van der Waals surface area contributed by atoms with E-state index in [9.17, 15) is 14.7 Å². The number of anilines is 1. The van der Waals surface area contributed by atoms with Gasteiger partial charge in [-0.15, -0.1) is 0 Å². The number of carbonyl (C=O) groups excluding carboxylic acids is 2. The first-order valence-electron chi connectivity index (χ1n) is 8.34. The monoisotopic (exact) mass is 368 g/mol. The normalized spacial score (nSPS) is 11.8. The number of ether oxygens (including phenoxy) is 2. The summed E-state index contributed by atoms with van der Waals surface area (Å²) in [5, 5.41) is 14.1. The molecule has 3 rings (SSSR count). The summed E-state index contributed by atoms with van der Waals surface area (Å²) in [5.41, 5.74) is 2.39. The Morgan fingerprint density at radius 3 is 2.67 bits per heavy atom. The number of hydrogen-bond donors (Lipinski definition) is 3. The number of phenolic OH excluding ortho intramolecular Hbond substituents is 1. The molecule has 0 amide bonds. The summed E-state index contributed by atoms with van der Waals surface area (Å²) in [6.45, 7) is 0. The van der Waals surface area contributed by atoms with Gasteiger partial charge in [-0.3, -0.25) is 0 Å². The summed E-state index contributed by atoms with van der Waals surface area (Å²) in [6.07, 6.45) is 2.17. The van der Waals surface area contributed by atoms with Gasteiger partial charge in [0.1, 0.15) is 11.8 Å². The molecule has 3 N–H and O–H groups in total. The predicted molar refractivity (Wildman–Crippen MR) is 101 cm³/mol. The molecule has 7 heteroatoms. The van der Waals surface area contributed by atoms with E-state index >= 15 is 0 Å². The van der Waals surface area contributed by atoms with Crippen molar-refractivity contribution in [2.24, 2.45) is 0 Å². The Morgan fingerprint density at radius 2 is 1.93 bits per heavy atom. The van der Waals surface area contributed by atoms with Crippen LogP contribution in [0.4, 0.5) is 5.69 Å². The molecule has 0 saturated carbocycles. The fraction of sp³-hybridized carbons (Fsp3) is 0.200. The van der Waals surface area contributed by atoms with Crippen molar-refractivity contribution in [1.29, 1.82) is 0 Å². The Balaban J connectivity index is 1.90. The molecule has 27 heavy (non-hydrogen) atoms. The lowest BCUT2D eigenvalue weighted by Crippen LogP contribution is -2.33. The van der Waals surface area contributed by atoms with Crippen molar-refractivity contribution < 1.29 is 24.2 Å². The van der Waals surface area contributed by atoms with E-state index in [0.717, 1.165) is 16.5 Å². The van der Waals surface area contributed by atoms with Gasteiger partial charge in [0.25, 0.3) is 0 Å². The first-order valence-corrected chi connectivity index (χ1v) is 8.34. The second-order valence-electron chi connectivity index (χ2n) is 6.01. The third-order valence-corrected chi connectivity index (χ3v) is 4.33. The number of methoxy groups -OCH3 is 2. The van der Waals surface area contributed by atoms with Crippen molar-refractivity contribution in [3.05, 3.63) is 59.8 Å². The number of phenols is 1. The second kappa shape index (κ2) is 7.82. The first kappa shape index (κ1) is 18.3. The number of aromatic hydroxyl groups is 1. The number of nitrogens with one attached hydrogen (secondary N) is 2. The number of carbonyl (C=O) groups is 2. The van der Waals surface area contributed by atoms with Gasteiger partial charge in [-0.25, -0.2) is 9.59 Å². The van der Waals surface area contributed by atoms with E-state index in [1.807, 2.05) is 30.5 Å². The van der Waals surface area contributed by atoms with Crippen molar-refractivity contribution in [1.82, 2.24) is 4.98 Å². The SMILES string of the molecule is COC(=O)c1ccc(O)c(N[C@@H](Cc2c[nH]c3ccccc23)C(=O)OC)c1. The average Bonchev–Trinajstić information content (AvgIpc) is 3.10. The molecule has 7 nitrogen and oxygen atoms in total. The van der Waals surface area contributed by atoms with Gasteiger partial charge in [-0.05, 0) is 29.8 Å². The summed E-state index contributed by atoms with van der Waals surface area (Å²) < 4.78 is 9.59. The van der Waals surface area contributed by atoms with Crippen LogP contribution in [0.15, 0.2) is 48.7 Å².